The van der Waals surface area contributed by atoms with Gasteiger partial charge >= 0.3 is 0 Å². The van der Waals surface area contributed by atoms with Crippen LogP contribution < -0.4 is 10.5 Å². The minimum absolute atomic E-state index is 0.235. The van der Waals surface area contributed by atoms with Crippen LogP contribution in [0.1, 0.15) is 31.7 Å². The number of hydrogen-bond acceptors (Lipinski definition) is 4. The monoisotopic (exact) mass is 242 g/mol. The highest BCUT2D eigenvalue weighted by Gasteiger charge is 2.04. The van der Waals surface area contributed by atoms with Gasteiger partial charge in [0.05, 0.1) is 23.4 Å². The molecule has 1 rings (SSSR count). The summed E-state index contributed by atoms with van der Waals surface area (Å²) in [7, 11) is 0. The Balaban J connectivity index is 2.30. The zero-order valence-electron chi connectivity index (χ0n) is 9.73. The van der Waals surface area contributed by atoms with Crippen molar-refractivity contribution in [1.82, 2.24) is 4.98 Å². The number of nitrogens with two attached hydrogens (primary N) is 1. The predicted molar refractivity (Wildman–Crippen MR) is 64.6 cm³/mol. The second-order valence-corrected chi connectivity index (χ2v) is 5.02. The summed E-state index contributed by atoms with van der Waals surface area (Å²) in [6.45, 7) is 4.69. The van der Waals surface area contributed by atoms with Crippen molar-refractivity contribution in [3.8, 4) is 5.88 Å². The topological polar surface area (TPSA) is 65.2 Å². The first-order valence-electron chi connectivity index (χ1n) is 5.43. The number of hydrogen-bond donors (Lipinski definition) is 1. The fraction of sp³-hybridized carbons (Fsp3) is 0.636. The van der Waals surface area contributed by atoms with Crippen molar-refractivity contribution in [1.29, 1.82) is 0 Å². The lowest BCUT2D eigenvalue weighted by atomic mass is 10.1. The molecule has 0 saturated carbocycles. The van der Waals surface area contributed by atoms with Gasteiger partial charge in [-0.25, -0.2) is 4.98 Å². The second-order valence-electron chi connectivity index (χ2n) is 4.08. The molecule has 1 heterocycles. The summed E-state index contributed by atoms with van der Waals surface area (Å²) in [5, 5.41) is 2.96. The molecule has 0 fully saturated rings. The van der Waals surface area contributed by atoms with Crippen LogP contribution in [0.5, 0.6) is 5.88 Å². The van der Waals surface area contributed by atoms with Crippen LogP contribution >= 0.6 is 11.3 Å². The quantitative estimate of drug-likeness (QED) is 0.795. The summed E-state index contributed by atoms with van der Waals surface area (Å²) >= 11 is 1.60. The predicted octanol–water partition coefficient (Wildman–Crippen LogP) is 1.99. The Kier molecular flexibility index (Phi) is 5.25. The third-order valence-corrected chi connectivity index (χ3v) is 2.95. The molecule has 0 aliphatic heterocycles. The standard InChI is InChI=1S/C11H18N2O2S/c1-8(2)3-4-11-13-10(7-16-11)15-6-5-9(12)14/h7-8H,3-6H2,1-2H3,(H2,12,14). The van der Waals surface area contributed by atoms with Crippen LogP contribution in [0, 0.1) is 5.92 Å². The molecule has 0 radical (unpaired) electrons. The van der Waals surface area contributed by atoms with E-state index >= 15 is 0 Å². The van der Waals surface area contributed by atoms with Gasteiger partial charge in [0.2, 0.25) is 11.8 Å². The molecule has 0 aliphatic carbocycles. The third-order valence-electron chi connectivity index (χ3n) is 2.06. The molecule has 1 aromatic heterocycles. The largest absolute Gasteiger partial charge is 0.477 e. The Morgan fingerprint density at radius 3 is 3.00 bits per heavy atom. The molecule has 2 N–H and O–H groups in total. The molecule has 16 heavy (non-hydrogen) atoms. The fourth-order valence-electron chi connectivity index (χ4n) is 1.14. The Labute approximate surface area is 99.8 Å². The highest BCUT2D eigenvalue weighted by molar-refractivity contribution is 7.09. The van der Waals surface area contributed by atoms with Crippen LogP contribution in [0.25, 0.3) is 0 Å². The van der Waals surface area contributed by atoms with E-state index in [0.717, 1.165) is 17.8 Å². The molecule has 5 heteroatoms. The molecule has 1 amide bonds. The van der Waals surface area contributed by atoms with Gasteiger partial charge in [-0.05, 0) is 18.8 Å². The van der Waals surface area contributed by atoms with Gasteiger partial charge in [-0.3, -0.25) is 4.79 Å². The van der Waals surface area contributed by atoms with E-state index in [9.17, 15) is 4.79 Å². The van der Waals surface area contributed by atoms with Gasteiger partial charge in [0.25, 0.3) is 0 Å². The van der Waals surface area contributed by atoms with Crippen molar-refractivity contribution in [2.24, 2.45) is 11.7 Å². The highest BCUT2D eigenvalue weighted by atomic mass is 32.1. The number of thiazole rings is 1. The lowest BCUT2D eigenvalue weighted by molar-refractivity contribution is -0.118. The van der Waals surface area contributed by atoms with Crippen LogP contribution in [0.4, 0.5) is 0 Å². The van der Waals surface area contributed by atoms with Crippen LogP contribution in [-0.2, 0) is 11.2 Å². The van der Waals surface area contributed by atoms with Crippen molar-refractivity contribution >= 4 is 17.2 Å². The Hall–Kier alpha value is -1.10. The van der Waals surface area contributed by atoms with Crippen LogP contribution in [-0.4, -0.2) is 17.5 Å². The minimum atomic E-state index is -0.352. The molecule has 0 bridgehead atoms. The average molecular weight is 242 g/mol. The fourth-order valence-corrected chi connectivity index (χ4v) is 1.88. The highest BCUT2D eigenvalue weighted by Crippen LogP contribution is 2.19. The average Bonchev–Trinajstić information content (AvgIpc) is 2.62. The molecule has 0 atom stereocenters. The number of amides is 1. The maximum atomic E-state index is 10.5. The summed E-state index contributed by atoms with van der Waals surface area (Å²) in [6, 6.07) is 0. The smallest absolute Gasteiger partial charge is 0.224 e. The van der Waals surface area contributed by atoms with Crippen molar-refractivity contribution in [3.05, 3.63) is 10.4 Å². The number of carbonyl (C=O) groups excluding carboxylic acids is 1. The normalized spacial score (nSPS) is 10.7. The number of carbonyl (C=O) groups is 1. The van der Waals surface area contributed by atoms with E-state index in [4.69, 9.17) is 10.5 Å². The van der Waals surface area contributed by atoms with Gasteiger partial charge in [0, 0.05) is 0 Å². The maximum absolute atomic E-state index is 10.5. The second kappa shape index (κ2) is 6.48. The summed E-state index contributed by atoms with van der Waals surface area (Å²) in [4.78, 5) is 14.8. The van der Waals surface area contributed by atoms with Crippen LogP contribution in [0.3, 0.4) is 0 Å². The van der Waals surface area contributed by atoms with Crippen molar-refractivity contribution in [2.75, 3.05) is 6.61 Å². The number of nitrogens with zero attached hydrogens (tertiary/aromatic N) is 1. The van der Waals surface area contributed by atoms with E-state index in [1.807, 2.05) is 5.38 Å². The lowest BCUT2D eigenvalue weighted by Crippen LogP contribution is -2.14. The Morgan fingerprint density at radius 2 is 2.38 bits per heavy atom. The summed E-state index contributed by atoms with van der Waals surface area (Å²) in [5.41, 5.74) is 5.01. The number of primary amides is 1. The van der Waals surface area contributed by atoms with Gasteiger partial charge in [-0.15, -0.1) is 11.3 Å². The molecule has 4 nitrogen and oxygen atoms in total. The molecule has 0 aromatic carbocycles. The van der Waals surface area contributed by atoms with Gasteiger partial charge in [0.15, 0.2) is 0 Å². The lowest BCUT2D eigenvalue weighted by Gasteiger charge is -2.01. The number of aryl methyl sites for hydroxylation is 1. The number of rotatable bonds is 7. The zero-order valence-corrected chi connectivity index (χ0v) is 10.5. The minimum Gasteiger partial charge on any atom is -0.477 e. The van der Waals surface area contributed by atoms with E-state index in [1.54, 1.807) is 11.3 Å². The van der Waals surface area contributed by atoms with Gasteiger partial charge in [0.1, 0.15) is 0 Å². The SMILES string of the molecule is CC(C)CCc1nc(OCCC(N)=O)cs1. The van der Waals surface area contributed by atoms with Crippen molar-refractivity contribution in [3.63, 3.8) is 0 Å². The van der Waals surface area contributed by atoms with Gasteiger partial charge in [-0.2, -0.15) is 0 Å². The van der Waals surface area contributed by atoms with Crippen molar-refractivity contribution in [2.45, 2.75) is 33.1 Å². The van der Waals surface area contributed by atoms with Crippen LogP contribution in [0.15, 0.2) is 5.38 Å². The molecular weight excluding hydrogens is 224 g/mol. The molecule has 0 spiro atoms. The molecule has 90 valence electrons. The number of aromatic nitrogens is 1. The first-order chi connectivity index (χ1) is 7.58. The Morgan fingerprint density at radius 1 is 1.62 bits per heavy atom. The first-order valence-corrected chi connectivity index (χ1v) is 6.31. The van der Waals surface area contributed by atoms with E-state index in [1.165, 1.54) is 0 Å². The Bertz CT molecular complexity index is 336. The van der Waals surface area contributed by atoms with E-state index in [2.05, 4.69) is 18.8 Å². The summed E-state index contributed by atoms with van der Waals surface area (Å²) in [5.74, 6) is 0.934. The molecule has 1 aromatic rings. The zero-order chi connectivity index (χ0) is 12.0. The molecule has 0 unspecified atom stereocenters. The van der Waals surface area contributed by atoms with Crippen LogP contribution in [0.2, 0.25) is 0 Å². The molecular formula is C11H18N2O2S. The number of ether oxygens (including phenoxy) is 1. The van der Waals surface area contributed by atoms with E-state index < -0.39 is 0 Å². The molecule has 0 aliphatic rings. The van der Waals surface area contributed by atoms with Crippen molar-refractivity contribution < 1.29 is 9.53 Å². The third kappa shape index (κ3) is 5.11. The molecule has 0 saturated heterocycles. The van der Waals surface area contributed by atoms with E-state index in [-0.39, 0.29) is 12.3 Å². The summed E-state index contributed by atoms with van der Waals surface area (Å²) in [6.07, 6.45) is 2.36. The van der Waals surface area contributed by atoms with Gasteiger partial charge in [-0.1, -0.05) is 13.8 Å². The van der Waals surface area contributed by atoms with Gasteiger partial charge < -0.3 is 10.5 Å². The maximum Gasteiger partial charge on any atom is 0.224 e. The summed E-state index contributed by atoms with van der Waals surface area (Å²) < 4.78 is 5.30. The first kappa shape index (κ1) is 13.0. The van der Waals surface area contributed by atoms with E-state index in [0.29, 0.717) is 18.4 Å².